The highest BCUT2D eigenvalue weighted by molar-refractivity contribution is 6.17. The van der Waals surface area contributed by atoms with Gasteiger partial charge in [0.25, 0.3) is 0 Å². The van der Waals surface area contributed by atoms with E-state index in [9.17, 15) is 0 Å². The summed E-state index contributed by atoms with van der Waals surface area (Å²) in [6.45, 7) is 4.80. The smallest absolute Gasteiger partial charge is 0.169 e. The fourth-order valence-corrected chi connectivity index (χ4v) is 8.59. The molecule has 6 aromatic carbocycles. The van der Waals surface area contributed by atoms with Crippen molar-refractivity contribution in [2.45, 2.75) is 38.3 Å². The summed E-state index contributed by atoms with van der Waals surface area (Å²) in [7, 11) is 0. The summed E-state index contributed by atoms with van der Waals surface area (Å²) in [5, 5.41) is 6.19. The molecule has 7 aromatic rings. The Morgan fingerprint density at radius 3 is 2.10 bits per heavy atom. The summed E-state index contributed by atoms with van der Waals surface area (Å²) >= 11 is 0. The Labute approximate surface area is 304 Å². The Bertz CT molecular complexity index is 2650. The van der Waals surface area contributed by atoms with Gasteiger partial charge in [0.1, 0.15) is 11.7 Å². The van der Waals surface area contributed by atoms with E-state index in [4.69, 9.17) is 9.98 Å². The fourth-order valence-electron chi connectivity index (χ4n) is 8.59. The van der Waals surface area contributed by atoms with E-state index >= 15 is 0 Å². The Hall–Kier alpha value is -6.26. The summed E-state index contributed by atoms with van der Waals surface area (Å²) in [6, 6.07) is 51.9. The van der Waals surface area contributed by atoms with Crippen molar-refractivity contribution >= 4 is 39.1 Å². The molecule has 250 valence electrons. The molecular weight excluding hydrogens is 633 g/mol. The van der Waals surface area contributed by atoms with Gasteiger partial charge in [0.05, 0.1) is 11.0 Å². The van der Waals surface area contributed by atoms with Gasteiger partial charge in [0.2, 0.25) is 0 Å². The van der Waals surface area contributed by atoms with Crippen molar-refractivity contribution in [3.63, 3.8) is 0 Å². The Morgan fingerprint density at radius 1 is 0.635 bits per heavy atom. The van der Waals surface area contributed by atoms with Crippen LogP contribution in [0.5, 0.6) is 0 Å². The highest BCUT2D eigenvalue weighted by atomic mass is 15.2. The summed E-state index contributed by atoms with van der Waals surface area (Å²) in [4.78, 5) is 10.4. The molecule has 52 heavy (non-hydrogen) atoms. The van der Waals surface area contributed by atoms with Gasteiger partial charge in [-0.3, -0.25) is 0 Å². The molecule has 0 amide bonds. The Kier molecular flexibility index (Phi) is 7.00. The molecule has 0 saturated heterocycles. The quantitative estimate of drug-likeness (QED) is 0.195. The molecule has 0 bridgehead atoms. The number of amidine groups is 2. The van der Waals surface area contributed by atoms with E-state index in [-0.39, 0.29) is 11.6 Å². The molecule has 0 radical (unpaired) electrons. The number of hydrogen-bond acceptors (Lipinski definition) is 3. The van der Waals surface area contributed by atoms with Crippen LogP contribution in [0.15, 0.2) is 173 Å². The van der Waals surface area contributed by atoms with Crippen molar-refractivity contribution in [3.05, 3.63) is 191 Å². The summed E-state index contributed by atoms with van der Waals surface area (Å²) in [5.74, 6) is 1.62. The molecule has 0 saturated carbocycles. The van der Waals surface area contributed by atoms with Gasteiger partial charge in [0.15, 0.2) is 6.17 Å². The average molecular weight is 671 g/mol. The van der Waals surface area contributed by atoms with E-state index in [1.54, 1.807) is 5.57 Å². The van der Waals surface area contributed by atoms with Gasteiger partial charge >= 0.3 is 0 Å². The number of para-hydroxylation sites is 1. The van der Waals surface area contributed by atoms with E-state index < -0.39 is 0 Å². The lowest BCUT2D eigenvalue weighted by Crippen LogP contribution is -2.36. The molecule has 1 unspecified atom stereocenters. The SMILES string of the molecule is CC1(C)C2=C(C=CCC2)c2c1ccc1c3ccccc3n(-c3cccc(C4=NC(c5ccc(-c6ccccc6)cc5)N=C(c5ccccc5)N4)c3)c21. The van der Waals surface area contributed by atoms with Crippen molar-refractivity contribution < 1.29 is 0 Å². The molecular formula is C48H38N4. The van der Waals surface area contributed by atoms with Crippen molar-refractivity contribution in [1.82, 2.24) is 9.88 Å². The topological polar surface area (TPSA) is 41.7 Å². The Morgan fingerprint density at radius 2 is 1.31 bits per heavy atom. The fraction of sp³-hybridized carbons (Fsp3) is 0.125. The zero-order valence-corrected chi connectivity index (χ0v) is 29.3. The van der Waals surface area contributed by atoms with Crippen LogP contribution >= 0.6 is 0 Å². The molecule has 4 nitrogen and oxygen atoms in total. The second-order valence-electron chi connectivity index (χ2n) is 14.6. The van der Waals surface area contributed by atoms with E-state index in [0.717, 1.165) is 46.9 Å². The minimum atomic E-state index is -0.387. The number of allylic oxidation sites excluding steroid dienone is 4. The van der Waals surface area contributed by atoms with Gasteiger partial charge in [-0.25, -0.2) is 9.98 Å². The lowest BCUT2D eigenvalue weighted by atomic mass is 9.78. The zero-order chi connectivity index (χ0) is 34.8. The second-order valence-corrected chi connectivity index (χ2v) is 14.6. The van der Waals surface area contributed by atoms with Gasteiger partial charge in [-0.2, -0.15) is 0 Å². The molecule has 1 aromatic heterocycles. The minimum absolute atomic E-state index is 0.00498. The summed E-state index contributed by atoms with van der Waals surface area (Å²) in [5.41, 5.74) is 14.8. The maximum atomic E-state index is 5.27. The average Bonchev–Trinajstić information content (AvgIpc) is 3.67. The van der Waals surface area contributed by atoms with Gasteiger partial charge in [-0.15, -0.1) is 0 Å². The monoisotopic (exact) mass is 670 g/mol. The standard InChI is InChI=1S/C48H38N4/c1-48(2)40-22-11-9-21-39(40)43-41(48)29-28-38-37-20-10-12-23-42(37)52(44(38)43)36-19-13-18-35(30-36)47-50-45(33-16-7-4-8-17-33)49-46(51-47)34-26-24-32(25-27-34)31-14-5-3-6-15-31/h3-10,12-21,23-30,46H,11,22H2,1-2H3,(H,49,50,51). The lowest BCUT2D eigenvalue weighted by molar-refractivity contribution is 0.607. The lowest BCUT2D eigenvalue weighted by Gasteiger charge is -2.25. The second kappa shape index (κ2) is 11.9. The third-order valence-electron chi connectivity index (χ3n) is 11.2. The van der Waals surface area contributed by atoms with Crippen LogP contribution < -0.4 is 5.32 Å². The van der Waals surface area contributed by atoms with Crippen LogP contribution in [0.25, 0.3) is 44.2 Å². The van der Waals surface area contributed by atoms with Gasteiger partial charge in [-0.1, -0.05) is 159 Å². The van der Waals surface area contributed by atoms with Crippen LogP contribution in [-0.2, 0) is 5.41 Å². The number of benzene rings is 6. The third kappa shape index (κ3) is 4.82. The number of aliphatic imine (C=N–C) groups is 2. The minimum Gasteiger partial charge on any atom is -0.324 e. The molecule has 0 spiro atoms. The van der Waals surface area contributed by atoms with Gasteiger partial charge in [-0.05, 0) is 58.9 Å². The van der Waals surface area contributed by atoms with Crippen LogP contribution in [-0.4, -0.2) is 16.2 Å². The number of hydrogen-bond donors (Lipinski definition) is 1. The van der Waals surface area contributed by atoms with Crippen LogP contribution in [0.1, 0.15) is 60.7 Å². The number of fused-ring (bicyclic) bond motifs is 6. The third-order valence-corrected chi connectivity index (χ3v) is 11.2. The first kappa shape index (κ1) is 30.6. The first-order valence-corrected chi connectivity index (χ1v) is 18.3. The normalized spacial score (nSPS) is 17.5. The molecule has 10 rings (SSSR count). The molecule has 1 atom stereocenters. The van der Waals surface area contributed by atoms with E-state index in [0.29, 0.717) is 0 Å². The van der Waals surface area contributed by atoms with E-state index in [1.165, 1.54) is 49.6 Å². The molecule has 3 aliphatic rings. The first-order valence-electron chi connectivity index (χ1n) is 18.3. The van der Waals surface area contributed by atoms with Crippen molar-refractivity contribution in [3.8, 4) is 16.8 Å². The molecule has 4 heteroatoms. The van der Waals surface area contributed by atoms with E-state index in [1.807, 2.05) is 12.1 Å². The maximum absolute atomic E-state index is 5.27. The predicted molar refractivity (Wildman–Crippen MR) is 216 cm³/mol. The predicted octanol–water partition coefficient (Wildman–Crippen LogP) is 11.3. The van der Waals surface area contributed by atoms with Gasteiger partial charge in [0, 0.05) is 38.6 Å². The summed E-state index contributed by atoms with van der Waals surface area (Å²) < 4.78 is 2.48. The van der Waals surface area contributed by atoms with Crippen LogP contribution in [0.2, 0.25) is 0 Å². The maximum Gasteiger partial charge on any atom is 0.169 e. The largest absolute Gasteiger partial charge is 0.324 e. The van der Waals surface area contributed by atoms with Crippen molar-refractivity contribution in [2.75, 3.05) is 0 Å². The molecule has 0 fully saturated rings. The van der Waals surface area contributed by atoms with Gasteiger partial charge < -0.3 is 9.88 Å². The van der Waals surface area contributed by atoms with Crippen LogP contribution in [0, 0.1) is 0 Å². The number of nitrogens with one attached hydrogen (secondary N) is 1. The molecule has 1 N–H and O–H groups in total. The molecule has 1 aliphatic heterocycles. The molecule has 2 heterocycles. The van der Waals surface area contributed by atoms with Crippen LogP contribution in [0.4, 0.5) is 0 Å². The number of rotatable bonds is 5. The number of nitrogens with zero attached hydrogens (tertiary/aromatic N) is 3. The number of aromatic nitrogens is 1. The van der Waals surface area contributed by atoms with Crippen molar-refractivity contribution in [1.29, 1.82) is 0 Å². The highest BCUT2D eigenvalue weighted by Gasteiger charge is 2.39. The van der Waals surface area contributed by atoms with Crippen LogP contribution in [0.3, 0.4) is 0 Å². The first-order chi connectivity index (χ1) is 25.5. The summed E-state index contributed by atoms with van der Waals surface area (Å²) in [6.07, 6.45) is 6.55. The molecule has 2 aliphatic carbocycles. The van der Waals surface area contributed by atoms with E-state index in [2.05, 4.69) is 169 Å². The Balaban J connectivity index is 1.13. The zero-order valence-electron chi connectivity index (χ0n) is 29.3. The van der Waals surface area contributed by atoms with Crippen molar-refractivity contribution in [2.24, 2.45) is 9.98 Å². The highest BCUT2D eigenvalue weighted by Crippen LogP contribution is 2.53.